The van der Waals surface area contributed by atoms with Crippen LogP contribution < -0.4 is 5.32 Å². The standard InChI is InChI=1S/C15H16BrFN2/c1-18-14(6-5-11-7-9-19-10-8-11)12-3-2-4-13(16)15(12)17/h2-4,7-10,14,18H,5-6H2,1H3. The van der Waals surface area contributed by atoms with Gasteiger partial charge in [-0.1, -0.05) is 12.1 Å². The number of aryl methyl sites for hydroxylation is 1. The van der Waals surface area contributed by atoms with E-state index in [1.165, 1.54) is 5.56 Å². The Balaban J connectivity index is 2.10. The summed E-state index contributed by atoms with van der Waals surface area (Å²) >= 11 is 3.23. The predicted molar refractivity (Wildman–Crippen MR) is 78.5 cm³/mol. The van der Waals surface area contributed by atoms with Crippen molar-refractivity contribution in [1.29, 1.82) is 0 Å². The minimum absolute atomic E-state index is 0.00525. The fourth-order valence-corrected chi connectivity index (χ4v) is 2.49. The van der Waals surface area contributed by atoms with Gasteiger partial charge in [-0.25, -0.2) is 4.39 Å². The number of pyridine rings is 1. The van der Waals surface area contributed by atoms with Crippen LogP contribution in [0.5, 0.6) is 0 Å². The number of nitrogens with one attached hydrogen (secondary N) is 1. The SMILES string of the molecule is CNC(CCc1ccncc1)c1cccc(Br)c1F. The van der Waals surface area contributed by atoms with Gasteiger partial charge in [-0.3, -0.25) is 4.98 Å². The van der Waals surface area contributed by atoms with E-state index < -0.39 is 0 Å². The van der Waals surface area contributed by atoms with E-state index in [2.05, 4.69) is 26.2 Å². The highest BCUT2D eigenvalue weighted by Crippen LogP contribution is 2.26. The van der Waals surface area contributed by atoms with Gasteiger partial charge in [-0.15, -0.1) is 0 Å². The molecule has 2 nitrogen and oxygen atoms in total. The van der Waals surface area contributed by atoms with Crippen molar-refractivity contribution < 1.29 is 4.39 Å². The number of halogens is 2. The lowest BCUT2D eigenvalue weighted by Gasteiger charge is -2.18. The normalized spacial score (nSPS) is 12.4. The third kappa shape index (κ3) is 3.61. The van der Waals surface area contributed by atoms with Gasteiger partial charge in [-0.2, -0.15) is 0 Å². The van der Waals surface area contributed by atoms with Gasteiger partial charge in [0.15, 0.2) is 0 Å². The van der Waals surface area contributed by atoms with Crippen LogP contribution in [0, 0.1) is 5.82 Å². The molecule has 100 valence electrons. The first-order valence-corrected chi connectivity index (χ1v) is 7.01. The maximum atomic E-state index is 14.1. The van der Waals surface area contributed by atoms with Crippen molar-refractivity contribution in [2.24, 2.45) is 0 Å². The molecule has 0 amide bonds. The zero-order chi connectivity index (χ0) is 13.7. The second kappa shape index (κ2) is 6.78. The summed E-state index contributed by atoms with van der Waals surface area (Å²) in [6.45, 7) is 0. The second-order valence-electron chi connectivity index (χ2n) is 4.38. The summed E-state index contributed by atoms with van der Waals surface area (Å²) in [5.41, 5.74) is 1.91. The third-order valence-corrected chi connectivity index (χ3v) is 3.79. The van der Waals surface area contributed by atoms with Crippen LogP contribution in [0.4, 0.5) is 4.39 Å². The highest BCUT2D eigenvalue weighted by atomic mass is 79.9. The lowest BCUT2D eigenvalue weighted by Crippen LogP contribution is -2.18. The topological polar surface area (TPSA) is 24.9 Å². The summed E-state index contributed by atoms with van der Waals surface area (Å²) in [5.74, 6) is -0.184. The summed E-state index contributed by atoms with van der Waals surface area (Å²) in [7, 11) is 1.86. The van der Waals surface area contributed by atoms with E-state index in [0.717, 1.165) is 12.8 Å². The van der Waals surface area contributed by atoms with E-state index in [0.29, 0.717) is 10.0 Å². The van der Waals surface area contributed by atoms with Crippen LogP contribution in [0.3, 0.4) is 0 Å². The average Bonchev–Trinajstić information content (AvgIpc) is 2.45. The lowest BCUT2D eigenvalue weighted by atomic mass is 9.99. The molecular weight excluding hydrogens is 307 g/mol. The van der Waals surface area contributed by atoms with Crippen LogP contribution in [-0.4, -0.2) is 12.0 Å². The van der Waals surface area contributed by atoms with Crippen LogP contribution >= 0.6 is 15.9 Å². The van der Waals surface area contributed by atoms with Crippen LogP contribution in [0.25, 0.3) is 0 Å². The number of hydrogen-bond donors (Lipinski definition) is 1. The Morgan fingerprint density at radius 1 is 1.26 bits per heavy atom. The van der Waals surface area contributed by atoms with Crippen molar-refractivity contribution in [3.8, 4) is 0 Å². The molecule has 2 rings (SSSR count). The van der Waals surface area contributed by atoms with E-state index in [1.807, 2.05) is 31.3 Å². The zero-order valence-electron chi connectivity index (χ0n) is 10.7. The van der Waals surface area contributed by atoms with E-state index in [4.69, 9.17) is 0 Å². The summed E-state index contributed by atoms with van der Waals surface area (Å²) in [6, 6.07) is 9.39. The molecule has 0 aliphatic rings. The largest absolute Gasteiger partial charge is 0.313 e. The second-order valence-corrected chi connectivity index (χ2v) is 5.23. The van der Waals surface area contributed by atoms with Gasteiger partial charge in [0.05, 0.1) is 4.47 Å². The fraction of sp³-hybridized carbons (Fsp3) is 0.267. The Labute approximate surface area is 121 Å². The zero-order valence-corrected chi connectivity index (χ0v) is 12.3. The Morgan fingerprint density at radius 2 is 2.00 bits per heavy atom. The number of benzene rings is 1. The van der Waals surface area contributed by atoms with Crippen LogP contribution in [-0.2, 0) is 6.42 Å². The fourth-order valence-electron chi connectivity index (χ4n) is 2.11. The molecule has 19 heavy (non-hydrogen) atoms. The van der Waals surface area contributed by atoms with E-state index in [-0.39, 0.29) is 11.9 Å². The molecule has 1 aromatic carbocycles. The molecule has 1 atom stereocenters. The van der Waals surface area contributed by atoms with Crippen LogP contribution in [0.1, 0.15) is 23.6 Å². The number of nitrogens with zero attached hydrogens (tertiary/aromatic N) is 1. The van der Waals surface area contributed by atoms with Crippen molar-refractivity contribution in [3.63, 3.8) is 0 Å². The predicted octanol–water partition coefficient (Wildman–Crippen LogP) is 3.88. The Morgan fingerprint density at radius 3 is 2.68 bits per heavy atom. The van der Waals surface area contributed by atoms with E-state index >= 15 is 0 Å². The van der Waals surface area contributed by atoms with Crippen LogP contribution in [0.15, 0.2) is 47.2 Å². The van der Waals surface area contributed by atoms with Crippen molar-refractivity contribution in [3.05, 3.63) is 64.1 Å². The minimum Gasteiger partial charge on any atom is -0.313 e. The highest BCUT2D eigenvalue weighted by Gasteiger charge is 2.15. The number of rotatable bonds is 5. The molecule has 0 radical (unpaired) electrons. The first-order chi connectivity index (χ1) is 9.22. The molecule has 0 saturated carbocycles. The molecule has 1 unspecified atom stereocenters. The van der Waals surface area contributed by atoms with Gasteiger partial charge in [0.1, 0.15) is 5.82 Å². The van der Waals surface area contributed by atoms with Gasteiger partial charge in [0.2, 0.25) is 0 Å². The third-order valence-electron chi connectivity index (χ3n) is 3.18. The lowest BCUT2D eigenvalue weighted by molar-refractivity contribution is 0.506. The maximum absolute atomic E-state index is 14.1. The highest BCUT2D eigenvalue weighted by molar-refractivity contribution is 9.10. The summed E-state index contributed by atoms with van der Waals surface area (Å²) in [6.07, 6.45) is 5.29. The quantitative estimate of drug-likeness (QED) is 0.903. The molecule has 0 spiro atoms. The molecule has 0 aliphatic heterocycles. The molecule has 0 fully saturated rings. The molecule has 1 aromatic heterocycles. The molecule has 1 N–H and O–H groups in total. The Hall–Kier alpha value is -1.26. The molecule has 1 heterocycles. The molecule has 2 aromatic rings. The Kier molecular flexibility index (Phi) is 5.05. The molecular formula is C15H16BrFN2. The van der Waals surface area contributed by atoms with Gasteiger partial charge in [0.25, 0.3) is 0 Å². The van der Waals surface area contributed by atoms with Crippen molar-refractivity contribution in [2.75, 3.05) is 7.05 Å². The first-order valence-electron chi connectivity index (χ1n) is 6.22. The molecule has 0 bridgehead atoms. The van der Waals surface area contributed by atoms with Crippen molar-refractivity contribution in [2.45, 2.75) is 18.9 Å². The molecule has 0 aliphatic carbocycles. The summed E-state index contributed by atoms with van der Waals surface area (Å²) in [5, 5.41) is 3.18. The number of aromatic nitrogens is 1. The monoisotopic (exact) mass is 322 g/mol. The van der Waals surface area contributed by atoms with E-state index in [9.17, 15) is 4.39 Å². The molecule has 4 heteroatoms. The first kappa shape index (κ1) is 14.2. The summed E-state index contributed by atoms with van der Waals surface area (Å²) < 4.78 is 14.6. The van der Waals surface area contributed by atoms with Crippen molar-refractivity contribution >= 4 is 15.9 Å². The smallest absolute Gasteiger partial charge is 0.142 e. The van der Waals surface area contributed by atoms with Crippen molar-refractivity contribution in [1.82, 2.24) is 10.3 Å². The number of hydrogen-bond acceptors (Lipinski definition) is 2. The van der Waals surface area contributed by atoms with Gasteiger partial charge in [-0.05, 0) is 59.6 Å². The van der Waals surface area contributed by atoms with Gasteiger partial charge < -0.3 is 5.32 Å². The maximum Gasteiger partial charge on any atom is 0.142 e. The minimum atomic E-state index is -0.184. The van der Waals surface area contributed by atoms with Gasteiger partial charge >= 0.3 is 0 Å². The Bertz CT molecular complexity index is 531. The average molecular weight is 323 g/mol. The summed E-state index contributed by atoms with van der Waals surface area (Å²) in [4.78, 5) is 3.99. The van der Waals surface area contributed by atoms with E-state index in [1.54, 1.807) is 18.5 Å². The van der Waals surface area contributed by atoms with Crippen LogP contribution in [0.2, 0.25) is 0 Å². The molecule has 0 saturated heterocycles. The van der Waals surface area contributed by atoms with Gasteiger partial charge in [0, 0.05) is 24.0 Å².